The largest absolute Gasteiger partial charge is 0.454 e. The van der Waals surface area contributed by atoms with E-state index in [-0.39, 0.29) is 19.4 Å². The van der Waals surface area contributed by atoms with Gasteiger partial charge in [-0.15, -0.1) is 0 Å². The van der Waals surface area contributed by atoms with E-state index in [1.165, 1.54) is 0 Å². The van der Waals surface area contributed by atoms with Crippen LogP contribution in [-0.2, 0) is 0 Å². The van der Waals surface area contributed by atoms with Crippen LogP contribution in [0.4, 0.5) is 0 Å². The van der Waals surface area contributed by atoms with Crippen LogP contribution in [0.3, 0.4) is 0 Å². The van der Waals surface area contributed by atoms with Crippen molar-refractivity contribution in [1.82, 2.24) is 5.32 Å². The van der Waals surface area contributed by atoms with Gasteiger partial charge in [0, 0.05) is 25.2 Å². The number of benzene rings is 1. The third-order valence-corrected chi connectivity index (χ3v) is 3.96. The molecule has 0 aliphatic carbocycles. The number of fused-ring (bicyclic) bond motifs is 1. The SMILES string of the molecule is CC(CCCO)NC(CN)c1cc(Br)c2c(c1)OCO2. The first-order chi connectivity index (χ1) is 9.65. The zero-order valence-corrected chi connectivity index (χ0v) is 13.1. The van der Waals surface area contributed by atoms with Gasteiger partial charge in [0.05, 0.1) is 4.47 Å². The first-order valence-corrected chi connectivity index (χ1v) is 7.61. The predicted molar refractivity (Wildman–Crippen MR) is 81.0 cm³/mol. The van der Waals surface area contributed by atoms with Gasteiger partial charge in [0.25, 0.3) is 0 Å². The molecule has 2 unspecified atom stereocenters. The molecular weight excluding hydrogens is 324 g/mol. The number of ether oxygens (including phenoxy) is 2. The van der Waals surface area contributed by atoms with Crippen LogP contribution in [-0.4, -0.2) is 31.1 Å². The van der Waals surface area contributed by atoms with Gasteiger partial charge >= 0.3 is 0 Å². The Morgan fingerprint density at radius 1 is 1.45 bits per heavy atom. The Morgan fingerprint density at radius 2 is 2.25 bits per heavy atom. The summed E-state index contributed by atoms with van der Waals surface area (Å²) in [6.07, 6.45) is 1.70. The summed E-state index contributed by atoms with van der Waals surface area (Å²) < 4.78 is 11.7. The van der Waals surface area contributed by atoms with Crippen LogP contribution in [0.5, 0.6) is 11.5 Å². The summed E-state index contributed by atoms with van der Waals surface area (Å²) in [4.78, 5) is 0. The molecular formula is C14H21BrN2O3. The molecule has 0 spiro atoms. The lowest BCUT2D eigenvalue weighted by molar-refractivity contribution is 0.173. The van der Waals surface area contributed by atoms with Crippen LogP contribution in [0.2, 0.25) is 0 Å². The number of hydrogen-bond donors (Lipinski definition) is 3. The summed E-state index contributed by atoms with van der Waals surface area (Å²) in [6, 6.07) is 4.32. The second-order valence-electron chi connectivity index (χ2n) is 4.96. The third-order valence-electron chi connectivity index (χ3n) is 3.37. The van der Waals surface area contributed by atoms with Crippen molar-refractivity contribution in [2.24, 2.45) is 5.73 Å². The Hall–Kier alpha value is -0.820. The molecule has 1 aromatic carbocycles. The summed E-state index contributed by atoms with van der Waals surface area (Å²) in [5.41, 5.74) is 6.95. The fourth-order valence-electron chi connectivity index (χ4n) is 2.31. The summed E-state index contributed by atoms with van der Waals surface area (Å²) in [7, 11) is 0. The molecule has 1 aliphatic rings. The first kappa shape index (κ1) is 15.6. The van der Waals surface area contributed by atoms with E-state index in [9.17, 15) is 0 Å². The summed E-state index contributed by atoms with van der Waals surface area (Å²) in [5, 5.41) is 12.4. The zero-order valence-electron chi connectivity index (χ0n) is 11.6. The maximum atomic E-state index is 8.88. The molecule has 4 N–H and O–H groups in total. The highest BCUT2D eigenvalue weighted by molar-refractivity contribution is 9.10. The van der Waals surface area contributed by atoms with Gasteiger partial charge in [0.15, 0.2) is 11.5 Å². The Labute approximate surface area is 127 Å². The van der Waals surface area contributed by atoms with Gasteiger partial charge in [-0.2, -0.15) is 0 Å². The number of halogens is 1. The maximum Gasteiger partial charge on any atom is 0.231 e. The van der Waals surface area contributed by atoms with Crippen LogP contribution in [0.1, 0.15) is 31.4 Å². The molecule has 1 aliphatic heterocycles. The monoisotopic (exact) mass is 344 g/mol. The molecule has 1 aromatic rings. The van der Waals surface area contributed by atoms with Crippen molar-refractivity contribution in [3.05, 3.63) is 22.2 Å². The fourth-order valence-corrected chi connectivity index (χ4v) is 2.89. The molecule has 0 bridgehead atoms. The molecule has 0 amide bonds. The number of aliphatic hydroxyl groups is 1. The van der Waals surface area contributed by atoms with Crippen LogP contribution in [0.15, 0.2) is 16.6 Å². The summed E-state index contributed by atoms with van der Waals surface area (Å²) >= 11 is 3.50. The van der Waals surface area contributed by atoms with E-state index >= 15 is 0 Å². The fraction of sp³-hybridized carbons (Fsp3) is 0.571. The number of hydrogen-bond acceptors (Lipinski definition) is 5. The minimum Gasteiger partial charge on any atom is -0.454 e. The highest BCUT2D eigenvalue weighted by atomic mass is 79.9. The average Bonchev–Trinajstić information content (AvgIpc) is 2.91. The minimum atomic E-state index is 0.0505. The highest BCUT2D eigenvalue weighted by Crippen LogP contribution is 2.41. The molecule has 6 heteroatoms. The molecule has 2 atom stereocenters. The van der Waals surface area contributed by atoms with E-state index in [0.29, 0.717) is 12.6 Å². The van der Waals surface area contributed by atoms with E-state index in [0.717, 1.165) is 34.4 Å². The van der Waals surface area contributed by atoms with E-state index in [4.69, 9.17) is 20.3 Å². The van der Waals surface area contributed by atoms with Crippen molar-refractivity contribution in [3.8, 4) is 11.5 Å². The van der Waals surface area contributed by atoms with Crippen molar-refractivity contribution < 1.29 is 14.6 Å². The van der Waals surface area contributed by atoms with Gasteiger partial charge in [-0.1, -0.05) is 0 Å². The van der Waals surface area contributed by atoms with Crippen molar-refractivity contribution in [3.63, 3.8) is 0 Å². The van der Waals surface area contributed by atoms with Crippen LogP contribution >= 0.6 is 15.9 Å². The van der Waals surface area contributed by atoms with Crippen LogP contribution in [0, 0.1) is 0 Å². The van der Waals surface area contributed by atoms with Gasteiger partial charge in [-0.3, -0.25) is 0 Å². The average molecular weight is 345 g/mol. The van der Waals surface area contributed by atoms with Crippen LogP contribution in [0.25, 0.3) is 0 Å². The van der Waals surface area contributed by atoms with E-state index in [1.54, 1.807) is 0 Å². The van der Waals surface area contributed by atoms with Gasteiger partial charge in [0.2, 0.25) is 6.79 Å². The van der Waals surface area contributed by atoms with Gasteiger partial charge in [0.1, 0.15) is 0 Å². The minimum absolute atomic E-state index is 0.0505. The number of nitrogens with two attached hydrogens (primary N) is 1. The Morgan fingerprint density at radius 3 is 2.95 bits per heavy atom. The molecule has 5 nitrogen and oxygen atoms in total. The smallest absolute Gasteiger partial charge is 0.231 e. The van der Waals surface area contributed by atoms with E-state index < -0.39 is 0 Å². The summed E-state index contributed by atoms with van der Waals surface area (Å²) in [5.74, 6) is 1.50. The number of rotatable bonds is 7. The second-order valence-corrected chi connectivity index (χ2v) is 5.81. The Kier molecular flexibility index (Phi) is 5.65. The van der Waals surface area contributed by atoms with Gasteiger partial charge < -0.3 is 25.6 Å². The molecule has 0 saturated carbocycles. The Bertz CT molecular complexity index is 456. The summed E-state index contributed by atoms with van der Waals surface area (Å²) in [6.45, 7) is 3.07. The van der Waals surface area contributed by atoms with Gasteiger partial charge in [-0.25, -0.2) is 0 Å². The quantitative estimate of drug-likeness (QED) is 0.704. The van der Waals surface area contributed by atoms with E-state index in [2.05, 4.69) is 28.2 Å². The zero-order chi connectivity index (χ0) is 14.5. The van der Waals surface area contributed by atoms with E-state index in [1.807, 2.05) is 12.1 Å². The van der Waals surface area contributed by atoms with Gasteiger partial charge in [-0.05, 0) is 53.4 Å². The van der Waals surface area contributed by atoms with Crippen LogP contribution < -0.4 is 20.5 Å². The normalized spacial score (nSPS) is 16.2. The third kappa shape index (κ3) is 3.63. The lowest BCUT2D eigenvalue weighted by atomic mass is 10.0. The number of nitrogens with one attached hydrogen (secondary N) is 1. The van der Waals surface area contributed by atoms with Crippen molar-refractivity contribution >= 4 is 15.9 Å². The predicted octanol–water partition coefficient (Wildman–Crippen LogP) is 1.93. The van der Waals surface area contributed by atoms with Crippen molar-refractivity contribution in [1.29, 1.82) is 0 Å². The molecule has 0 fully saturated rings. The standard InChI is InChI=1S/C14H21BrN2O3/c1-9(3-2-4-18)17-12(7-16)10-5-11(15)14-13(6-10)19-8-20-14/h5-6,9,12,17-18H,2-4,7-8,16H2,1H3. The first-order valence-electron chi connectivity index (χ1n) is 6.81. The topological polar surface area (TPSA) is 76.7 Å². The lowest BCUT2D eigenvalue weighted by Crippen LogP contribution is -2.35. The molecule has 2 rings (SSSR count). The maximum absolute atomic E-state index is 8.88. The molecule has 1 heterocycles. The number of aliphatic hydroxyl groups excluding tert-OH is 1. The molecule has 20 heavy (non-hydrogen) atoms. The molecule has 112 valence electrons. The molecule has 0 aromatic heterocycles. The highest BCUT2D eigenvalue weighted by Gasteiger charge is 2.21. The van der Waals surface area contributed by atoms with Crippen molar-refractivity contribution in [2.75, 3.05) is 19.9 Å². The lowest BCUT2D eigenvalue weighted by Gasteiger charge is -2.23. The Balaban J connectivity index is 2.09. The van der Waals surface area contributed by atoms with Crippen molar-refractivity contribution in [2.45, 2.75) is 31.8 Å². The molecule has 0 radical (unpaired) electrons. The molecule has 0 saturated heterocycles. The second kappa shape index (κ2) is 7.26.